The first-order valence-corrected chi connectivity index (χ1v) is 16.5. The number of rotatable bonds is 4. The zero-order valence-electron chi connectivity index (χ0n) is 25.8. The van der Waals surface area contributed by atoms with E-state index >= 15 is 0 Å². The second-order valence-corrected chi connectivity index (χ2v) is 12.9. The first-order chi connectivity index (χ1) is 23.3. The van der Waals surface area contributed by atoms with Crippen molar-refractivity contribution < 1.29 is 0 Å². The predicted molar refractivity (Wildman–Crippen MR) is 199 cm³/mol. The summed E-state index contributed by atoms with van der Waals surface area (Å²) in [4.78, 5) is 0. The standard InChI is InChI=1S/C47H30/c1-4-11-30(12-5-1)37-25-38(31-13-6-2-7-14-31)27-39(26-37)35-22-23-40-42(28-35)47-41-24-21-34-18-10-17-33-19-20-36(46(41)44(33)34)29-43(47)45(40)32-15-8-3-9-16-32/h1-29,45H. The van der Waals surface area contributed by atoms with Gasteiger partial charge in [-0.25, -0.2) is 0 Å². The van der Waals surface area contributed by atoms with E-state index in [4.69, 9.17) is 0 Å². The molecule has 9 aromatic carbocycles. The fourth-order valence-electron chi connectivity index (χ4n) is 8.13. The molecule has 1 aliphatic rings. The summed E-state index contributed by atoms with van der Waals surface area (Å²) >= 11 is 0. The van der Waals surface area contributed by atoms with E-state index in [2.05, 4.69) is 176 Å². The lowest BCUT2D eigenvalue weighted by Gasteiger charge is -2.17. The van der Waals surface area contributed by atoms with Gasteiger partial charge in [-0.2, -0.15) is 0 Å². The van der Waals surface area contributed by atoms with Crippen LogP contribution >= 0.6 is 0 Å². The first-order valence-electron chi connectivity index (χ1n) is 16.5. The molecule has 0 aromatic heterocycles. The molecule has 1 atom stereocenters. The molecule has 1 aliphatic carbocycles. The molecule has 218 valence electrons. The lowest BCUT2D eigenvalue weighted by molar-refractivity contribution is 1.02. The monoisotopic (exact) mass is 594 g/mol. The highest BCUT2D eigenvalue weighted by Gasteiger charge is 2.32. The van der Waals surface area contributed by atoms with E-state index in [9.17, 15) is 0 Å². The van der Waals surface area contributed by atoms with Crippen LogP contribution in [-0.2, 0) is 0 Å². The second kappa shape index (κ2) is 10.3. The third-order valence-corrected chi connectivity index (χ3v) is 10.2. The minimum atomic E-state index is 0.188. The molecule has 10 rings (SSSR count). The predicted octanol–water partition coefficient (Wildman–Crippen LogP) is 12.7. The van der Waals surface area contributed by atoms with Crippen LogP contribution in [0.5, 0.6) is 0 Å². The van der Waals surface area contributed by atoms with Gasteiger partial charge in [0.15, 0.2) is 0 Å². The van der Waals surface area contributed by atoms with Crippen molar-refractivity contribution in [1.29, 1.82) is 0 Å². The Bertz CT molecular complexity index is 2520. The summed E-state index contributed by atoms with van der Waals surface area (Å²) in [6.07, 6.45) is 0. The van der Waals surface area contributed by atoms with Gasteiger partial charge in [-0.1, -0.05) is 146 Å². The van der Waals surface area contributed by atoms with Crippen molar-refractivity contribution in [3.63, 3.8) is 0 Å². The number of hydrogen-bond acceptors (Lipinski definition) is 0. The van der Waals surface area contributed by atoms with Crippen molar-refractivity contribution in [3.05, 3.63) is 193 Å². The summed E-state index contributed by atoms with van der Waals surface area (Å²) in [6.45, 7) is 0. The molecule has 0 amide bonds. The summed E-state index contributed by atoms with van der Waals surface area (Å²) in [7, 11) is 0. The topological polar surface area (TPSA) is 0 Å². The van der Waals surface area contributed by atoms with Gasteiger partial charge in [-0.05, 0) is 124 Å². The highest BCUT2D eigenvalue weighted by Crippen LogP contribution is 2.54. The molecule has 47 heavy (non-hydrogen) atoms. The minimum absolute atomic E-state index is 0.188. The number of fused-ring (bicyclic) bond motifs is 4. The zero-order valence-corrected chi connectivity index (χ0v) is 25.8. The smallest absolute Gasteiger partial charge is 0.0352 e. The molecule has 0 saturated heterocycles. The Morgan fingerprint density at radius 2 is 0.894 bits per heavy atom. The molecule has 0 aliphatic heterocycles. The largest absolute Gasteiger partial charge is 0.0622 e. The maximum Gasteiger partial charge on any atom is 0.0352 e. The quantitative estimate of drug-likeness (QED) is 0.178. The minimum Gasteiger partial charge on any atom is -0.0622 e. The summed E-state index contributed by atoms with van der Waals surface area (Å²) in [6, 6.07) is 65.2. The first kappa shape index (κ1) is 26.3. The highest BCUT2D eigenvalue weighted by molar-refractivity contribution is 6.26. The SMILES string of the molecule is c1ccc(-c2cc(-c3ccccc3)cc(-c3ccc4c(c3)-c3c(cc5ccc6cccc7ccc3c5c67)C4c3ccccc3)c2)cc1. The van der Waals surface area contributed by atoms with Crippen molar-refractivity contribution in [3.8, 4) is 44.5 Å². The average molecular weight is 595 g/mol. The van der Waals surface area contributed by atoms with E-state index in [0.29, 0.717) is 0 Å². The maximum absolute atomic E-state index is 2.48. The van der Waals surface area contributed by atoms with Crippen LogP contribution in [0.1, 0.15) is 22.6 Å². The van der Waals surface area contributed by atoms with E-state index in [0.717, 1.165) is 0 Å². The second-order valence-electron chi connectivity index (χ2n) is 12.9. The van der Waals surface area contributed by atoms with Crippen molar-refractivity contribution in [2.75, 3.05) is 0 Å². The number of hydrogen-bond donors (Lipinski definition) is 0. The molecule has 9 aromatic rings. The molecule has 0 heteroatoms. The Morgan fingerprint density at radius 1 is 0.319 bits per heavy atom. The van der Waals surface area contributed by atoms with E-state index in [-0.39, 0.29) is 5.92 Å². The van der Waals surface area contributed by atoms with E-state index in [1.165, 1.54) is 93.5 Å². The zero-order chi connectivity index (χ0) is 30.9. The van der Waals surface area contributed by atoms with Crippen LogP contribution in [0.4, 0.5) is 0 Å². The molecule has 0 spiro atoms. The van der Waals surface area contributed by atoms with Gasteiger partial charge in [0.2, 0.25) is 0 Å². The molecule has 0 heterocycles. The Balaban J connectivity index is 1.25. The van der Waals surface area contributed by atoms with Crippen molar-refractivity contribution >= 4 is 32.3 Å². The lowest BCUT2D eigenvalue weighted by Crippen LogP contribution is -1.99. The summed E-state index contributed by atoms with van der Waals surface area (Å²) in [5.41, 5.74) is 14.2. The van der Waals surface area contributed by atoms with Crippen LogP contribution in [0.25, 0.3) is 76.8 Å². The summed E-state index contributed by atoms with van der Waals surface area (Å²) in [5.74, 6) is 0.188. The molecular weight excluding hydrogens is 565 g/mol. The van der Waals surface area contributed by atoms with Gasteiger partial charge in [0.25, 0.3) is 0 Å². The lowest BCUT2D eigenvalue weighted by atomic mass is 9.86. The van der Waals surface area contributed by atoms with Crippen LogP contribution in [0.15, 0.2) is 176 Å². The third kappa shape index (κ3) is 4.08. The van der Waals surface area contributed by atoms with Gasteiger partial charge >= 0.3 is 0 Å². The van der Waals surface area contributed by atoms with Crippen LogP contribution in [-0.4, -0.2) is 0 Å². The molecule has 1 unspecified atom stereocenters. The highest BCUT2D eigenvalue weighted by atomic mass is 14.4. The fraction of sp³-hybridized carbons (Fsp3) is 0.0213. The third-order valence-electron chi connectivity index (χ3n) is 10.2. The van der Waals surface area contributed by atoms with Gasteiger partial charge in [-0.3, -0.25) is 0 Å². The summed E-state index contributed by atoms with van der Waals surface area (Å²) in [5, 5.41) is 8.02. The van der Waals surface area contributed by atoms with Crippen molar-refractivity contribution in [2.24, 2.45) is 0 Å². The van der Waals surface area contributed by atoms with Gasteiger partial charge in [-0.15, -0.1) is 0 Å². The Hall–Kier alpha value is -5.98. The van der Waals surface area contributed by atoms with Crippen LogP contribution < -0.4 is 0 Å². The Morgan fingerprint density at radius 3 is 1.55 bits per heavy atom. The van der Waals surface area contributed by atoms with Gasteiger partial charge in [0.1, 0.15) is 0 Å². The maximum atomic E-state index is 2.48. The number of benzene rings is 9. The Kier molecular flexibility index (Phi) is 5.74. The molecule has 0 fully saturated rings. The molecule has 0 radical (unpaired) electrons. The van der Waals surface area contributed by atoms with Gasteiger partial charge < -0.3 is 0 Å². The molecule has 0 bridgehead atoms. The fourth-order valence-corrected chi connectivity index (χ4v) is 8.13. The van der Waals surface area contributed by atoms with E-state index in [1.54, 1.807) is 0 Å². The van der Waals surface area contributed by atoms with E-state index in [1.807, 2.05) is 0 Å². The Labute approximate surface area is 274 Å². The molecule has 0 saturated carbocycles. The molecule has 0 N–H and O–H groups in total. The van der Waals surface area contributed by atoms with Crippen molar-refractivity contribution in [1.82, 2.24) is 0 Å². The summed E-state index contributed by atoms with van der Waals surface area (Å²) < 4.78 is 0. The molecular formula is C47H30. The van der Waals surface area contributed by atoms with Gasteiger partial charge in [0.05, 0.1) is 0 Å². The molecule has 0 nitrogen and oxygen atoms in total. The van der Waals surface area contributed by atoms with Gasteiger partial charge in [0, 0.05) is 5.92 Å². The normalized spacial score (nSPS) is 13.7. The van der Waals surface area contributed by atoms with Crippen LogP contribution in [0, 0.1) is 0 Å². The average Bonchev–Trinajstić information content (AvgIpc) is 3.48. The van der Waals surface area contributed by atoms with Crippen LogP contribution in [0.2, 0.25) is 0 Å². The van der Waals surface area contributed by atoms with E-state index < -0.39 is 0 Å². The van der Waals surface area contributed by atoms with Crippen molar-refractivity contribution in [2.45, 2.75) is 5.92 Å². The van der Waals surface area contributed by atoms with Crippen LogP contribution in [0.3, 0.4) is 0 Å².